The lowest BCUT2D eigenvalue weighted by Gasteiger charge is -2.15. The highest BCUT2D eigenvalue weighted by Crippen LogP contribution is 2.14. The zero-order valence-corrected chi connectivity index (χ0v) is 10.9. The van der Waals surface area contributed by atoms with E-state index in [-0.39, 0.29) is 0 Å². The summed E-state index contributed by atoms with van der Waals surface area (Å²) in [6.45, 7) is 4.51. The fourth-order valence-corrected chi connectivity index (χ4v) is 1.99. The highest BCUT2D eigenvalue weighted by Gasteiger charge is 2.06. The SMILES string of the molecule is CCCCCCCC.NC1CCCCC1. The minimum atomic E-state index is 0.536. The average molecular weight is 213 g/mol. The third-order valence-electron chi connectivity index (χ3n) is 3.11. The molecule has 0 aliphatic heterocycles. The van der Waals surface area contributed by atoms with E-state index in [0.29, 0.717) is 6.04 Å². The molecule has 0 bridgehead atoms. The molecule has 0 atom stereocenters. The molecule has 1 saturated carbocycles. The van der Waals surface area contributed by atoms with E-state index in [1.807, 2.05) is 0 Å². The Balaban J connectivity index is 0.000000262. The molecule has 0 spiro atoms. The molecular weight excluding hydrogens is 182 g/mol. The molecule has 0 radical (unpaired) electrons. The van der Waals surface area contributed by atoms with Gasteiger partial charge < -0.3 is 5.73 Å². The van der Waals surface area contributed by atoms with E-state index >= 15 is 0 Å². The molecule has 1 fully saturated rings. The molecule has 0 aromatic rings. The van der Waals surface area contributed by atoms with Crippen LogP contribution >= 0.6 is 0 Å². The zero-order valence-electron chi connectivity index (χ0n) is 10.9. The first-order chi connectivity index (χ1) is 7.31. The predicted molar refractivity (Wildman–Crippen MR) is 70.1 cm³/mol. The van der Waals surface area contributed by atoms with Gasteiger partial charge in [0.1, 0.15) is 0 Å². The van der Waals surface area contributed by atoms with Gasteiger partial charge in [-0.05, 0) is 12.8 Å². The van der Waals surface area contributed by atoms with E-state index in [9.17, 15) is 0 Å². The van der Waals surface area contributed by atoms with Crippen LogP contribution in [0.1, 0.15) is 84.5 Å². The molecule has 1 aliphatic carbocycles. The Hall–Kier alpha value is -0.0400. The van der Waals surface area contributed by atoms with Crippen LogP contribution in [0.3, 0.4) is 0 Å². The van der Waals surface area contributed by atoms with E-state index in [2.05, 4.69) is 13.8 Å². The van der Waals surface area contributed by atoms with Gasteiger partial charge in [-0.15, -0.1) is 0 Å². The second-order valence-corrected chi connectivity index (χ2v) is 4.81. The summed E-state index contributed by atoms with van der Waals surface area (Å²) in [6.07, 6.45) is 15.2. The smallest absolute Gasteiger partial charge is 0.00388 e. The van der Waals surface area contributed by atoms with E-state index in [4.69, 9.17) is 5.73 Å². The van der Waals surface area contributed by atoms with Crippen molar-refractivity contribution in [3.05, 3.63) is 0 Å². The lowest BCUT2D eigenvalue weighted by molar-refractivity contribution is 0.441. The van der Waals surface area contributed by atoms with Crippen LogP contribution in [0.25, 0.3) is 0 Å². The third-order valence-corrected chi connectivity index (χ3v) is 3.11. The molecule has 0 aromatic carbocycles. The maximum Gasteiger partial charge on any atom is 0.00388 e. The molecular formula is C14H31N. The molecule has 1 nitrogen and oxygen atoms in total. The molecule has 0 heterocycles. The quantitative estimate of drug-likeness (QED) is 0.661. The minimum absolute atomic E-state index is 0.536. The van der Waals surface area contributed by atoms with Crippen LogP contribution in [-0.2, 0) is 0 Å². The fourth-order valence-electron chi connectivity index (χ4n) is 1.99. The van der Waals surface area contributed by atoms with Gasteiger partial charge in [-0.1, -0.05) is 71.6 Å². The molecule has 1 rings (SSSR count). The van der Waals surface area contributed by atoms with Gasteiger partial charge in [-0.3, -0.25) is 0 Å². The molecule has 0 amide bonds. The van der Waals surface area contributed by atoms with E-state index < -0.39 is 0 Å². The Bertz CT molecular complexity index is 99.9. The van der Waals surface area contributed by atoms with Gasteiger partial charge in [-0.25, -0.2) is 0 Å². The predicted octanol–water partition coefficient (Wildman–Crippen LogP) is 4.64. The topological polar surface area (TPSA) is 26.0 Å². The van der Waals surface area contributed by atoms with Crippen LogP contribution in [0.15, 0.2) is 0 Å². The van der Waals surface area contributed by atoms with Gasteiger partial charge in [-0.2, -0.15) is 0 Å². The lowest BCUT2D eigenvalue weighted by atomic mass is 9.97. The van der Waals surface area contributed by atoms with Crippen molar-refractivity contribution < 1.29 is 0 Å². The first-order valence-electron chi connectivity index (χ1n) is 7.06. The standard InChI is InChI=1S/C8H18.C6H13N/c1-3-5-7-8-6-4-2;7-6-4-2-1-3-5-6/h3-8H2,1-2H3;6H,1-5,7H2. The second-order valence-electron chi connectivity index (χ2n) is 4.81. The molecule has 92 valence electrons. The first-order valence-corrected chi connectivity index (χ1v) is 7.06. The van der Waals surface area contributed by atoms with Crippen molar-refractivity contribution in [2.75, 3.05) is 0 Å². The Morgan fingerprint density at radius 2 is 1.27 bits per heavy atom. The zero-order chi connectivity index (χ0) is 11.4. The summed E-state index contributed by atoms with van der Waals surface area (Å²) in [4.78, 5) is 0. The van der Waals surface area contributed by atoms with Crippen molar-refractivity contribution in [1.82, 2.24) is 0 Å². The number of rotatable bonds is 5. The number of unbranched alkanes of at least 4 members (excludes halogenated alkanes) is 5. The van der Waals surface area contributed by atoms with Gasteiger partial charge in [0, 0.05) is 6.04 Å². The Morgan fingerprint density at radius 3 is 1.53 bits per heavy atom. The Labute approximate surface area is 96.8 Å². The summed E-state index contributed by atoms with van der Waals surface area (Å²) in [5.41, 5.74) is 5.63. The van der Waals surface area contributed by atoms with Crippen LogP contribution in [0.2, 0.25) is 0 Å². The normalized spacial score (nSPS) is 17.0. The third kappa shape index (κ3) is 11.9. The maximum atomic E-state index is 5.63. The summed E-state index contributed by atoms with van der Waals surface area (Å²) in [5, 5.41) is 0. The van der Waals surface area contributed by atoms with Gasteiger partial charge in [0.05, 0.1) is 0 Å². The van der Waals surface area contributed by atoms with Crippen molar-refractivity contribution in [1.29, 1.82) is 0 Å². The van der Waals surface area contributed by atoms with Gasteiger partial charge in [0.2, 0.25) is 0 Å². The maximum absolute atomic E-state index is 5.63. The van der Waals surface area contributed by atoms with E-state index in [1.165, 1.54) is 70.6 Å². The largest absolute Gasteiger partial charge is 0.328 e. The van der Waals surface area contributed by atoms with Crippen LogP contribution in [0, 0.1) is 0 Å². The highest BCUT2D eigenvalue weighted by atomic mass is 14.6. The Morgan fingerprint density at radius 1 is 0.800 bits per heavy atom. The monoisotopic (exact) mass is 213 g/mol. The molecule has 1 aliphatic rings. The molecule has 0 aromatic heterocycles. The van der Waals surface area contributed by atoms with Gasteiger partial charge >= 0.3 is 0 Å². The van der Waals surface area contributed by atoms with E-state index in [0.717, 1.165) is 0 Å². The highest BCUT2D eigenvalue weighted by molar-refractivity contribution is 4.66. The summed E-state index contributed by atoms with van der Waals surface area (Å²) < 4.78 is 0. The fraction of sp³-hybridized carbons (Fsp3) is 1.00. The number of hydrogen-bond donors (Lipinski definition) is 1. The van der Waals surface area contributed by atoms with Crippen LogP contribution in [0.4, 0.5) is 0 Å². The van der Waals surface area contributed by atoms with Crippen LogP contribution < -0.4 is 5.73 Å². The molecule has 2 N–H and O–H groups in total. The summed E-state index contributed by atoms with van der Waals surface area (Å²) in [7, 11) is 0. The van der Waals surface area contributed by atoms with Crippen molar-refractivity contribution >= 4 is 0 Å². The van der Waals surface area contributed by atoms with Crippen molar-refractivity contribution in [3.8, 4) is 0 Å². The summed E-state index contributed by atoms with van der Waals surface area (Å²) in [5.74, 6) is 0. The van der Waals surface area contributed by atoms with Gasteiger partial charge in [0.15, 0.2) is 0 Å². The minimum Gasteiger partial charge on any atom is -0.328 e. The Kier molecular flexibility index (Phi) is 12.0. The van der Waals surface area contributed by atoms with E-state index in [1.54, 1.807) is 0 Å². The number of hydrogen-bond acceptors (Lipinski definition) is 1. The molecule has 1 heteroatoms. The van der Waals surface area contributed by atoms with Crippen molar-refractivity contribution in [2.24, 2.45) is 5.73 Å². The molecule has 15 heavy (non-hydrogen) atoms. The molecule has 0 saturated heterocycles. The van der Waals surface area contributed by atoms with Crippen molar-refractivity contribution in [2.45, 2.75) is 90.5 Å². The molecule has 0 unspecified atom stereocenters. The first kappa shape index (κ1) is 15.0. The van der Waals surface area contributed by atoms with Crippen LogP contribution in [-0.4, -0.2) is 6.04 Å². The second kappa shape index (κ2) is 12.0. The number of nitrogens with two attached hydrogens (primary N) is 1. The average Bonchev–Trinajstić information content (AvgIpc) is 2.27. The van der Waals surface area contributed by atoms with Gasteiger partial charge in [0.25, 0.3) is 0 Å². The summed E-state index contributed by atoms with van der Waals surface area (Å²) >= 11 is 0. The van der Waals surface area contributed by atoms with Crippen LogP contribution in [0.5, 0.6) is 0 Å². The summed E-state index contributed by atoms with van der Waals surface area (Å²) in [6, 6.07) is 0.536. The lowest BCUT2D eigenvalue weighted by Crippen LogP contribution is -2.22. The van der Waals surface area contributed by atoms with Crippen molar-refractivity contribution in [3.63, 3.8) is 0 Å².